The van der Waals surface area contributed by atoms with Crippen molar-refractivity contribution in [1.29, 1.82) is 0 Å². The first-order valence-electron chi connectivity index (χ1n) is 9.94. The Kier molecular flexibility index (Phi) is 6.01. The molecule has 31 heavy (non-hydrogen) atoms. The number of hydrogen-bond acceptors (Lipinski definition) is 9. The first-order chi connectivity index (χ1) is 15.2. The van der Waals surface area contributed by atoms with Gasteiger partial charge >= 0.3 is 6.01 Å². The average Bonchev–Trinajstić information content (AvgIpc) is 3.27. The zero-order valence-electron chi connectivity index (χ0n) is 18.0. The maximum absolute atomic E-state index is 5.72. The third-order valence-corrected chi connectivity index (χ3v) is 4.81. The lowest BCUT2D eigenvalue weighted by molar-refractivity contribution is 0.174. The Morgan fingerprint density at radius 3 is 2.52 bits per heavy atom. The van der Waals surface area contributed by atoms with Crippen LogP contribution in [0.1, 0.15) is 18.9 Å². The van der Waals surface area contributed by atoms with E-state index >= 15 is 0 Å². The van der Waals surface area contributed by atoms with Gasteiger partial charge in [-0.15, -0.1) is 0 Å². The molecule has 0 saturated heterocycles. The molecular weight excluding hydrogens is 402 g/mol. The van der Waals surface area contributed by atoms with Gasteiger partial charge in [-0.2, -0.15) is 9.97 Å². The van der Waals surface area contributed by atoms with Crippen LogP contribution in [0.5, 0.6) is 34.8 Å². The predicted octanol–water partition coefficient (Wildman–Crippen LogP) is 3.79. The summed E-state index contributed by atoms with van der Waals surface area (Å²) in [6.45, 7) is 3.27. The molecule has 0 aliphatic carbocycles. The zero-order chi connectivity index (χ0) is 21.8. The molecule has 4 rings (SSSR count). The molecule has 0 saturated carbocycles. The largest absolute Gasteiger partial charge is 0.493 e. The van der Waals surface area contributed by atoms with Gasteiger partial charge in [-0.05, 0) is 30.2 Å². The molecule has 3 aromatic rings. The zero-order valence-corrected chi connectivity index (χ0v) is 18.0. The molecule has 2 aromatic carbocycles. The van der Waals surface area contributed by atoms with E-state index in [2.05, 4.69) is 15.3 Å². The van der Waals surface area contributed by atoms with E-state index < -0.39 is 0 Å². The summed E-state index contributed by atoms with van der Waals surface area (Å²) in [5.41, 5.74) is 1.58. The lowest BCUT2D eigenvalue weighted by atomic mass is 10.1. The summed E-state index contributed by atoms with van der Waals surface area (Å²) in [4.78, 5) is 9.14. The monoisotopic (exact) mass is 427 g/mol. The van der Waals surface area contributed by atoms with Crippen LogP contribution in [0.15, 0.2) is 24.3 Å². The van der Waals surface area contributed by atoms with Crippen molar-refractivity contribution < 1.29 is 28.4 Å². The number of methoxy groups -OCH3 is 3. The smallest absolute Gasteiger partial charge is 0.319 e. The van der Waals surface area contributed by atoms with E-state index in [-0.39, 0.29) is 12.8 Å². The van der Waals surface area contributed by atoms with Crippen LogP contribution in [-0.4, -0.2) is 44.7 Å². The Morgan fingerprint density at radius 1 is 0.968 bits per heavy atom. The summed E-state index contributed by atoms with van der Waals surface area (Å²) in [6.07, 6.45) is 0.838. The van der Waals surface area contributed by atoms with Crippen molar-refractivity contribution in [3.05, 3.63) is 29.8 Å². The number of nitrogens with zero attached hydrogens (tertiary/aromatic N) is 2. The van der Waals surface area contributed by atoms with Crippen molar-refractivity contribution in [3.8, 4) is 34.8 Å². The van der Waals surface area contributed by atoms with Crippen LogP contribution >= 0.6 is 0 Å². The quantitative estimate of drug-likeness (QED) is 0.547. The van der Waals surface area contributed by atoms with Crippen molar-refractivity contribution in [2.75, 3.05) is 40.0 Å². The van der Waals surface area contributed by atoms with Gasteiger partial charge in [0.25, 0.3) is 0 Å². The highest BCUT2D eigenvalue weighted by Crippen LogP contribution is 2.44. The Balaban J connectivity index is 1.76. The molecule has 2 heterocycles. The molecule has 0 spiro atoms. The van der Waals surface area contributed by atoms with Crippen molar-refractivity contribution in [1.82, 2.24) is 9.97 Å². The summed E-state index contributed by atoms with van der Waals surface area (Å²) in [6, 6.07) is 7.89. The fourth-order valence-corrected chi connectivity index (χ4v) is 3.34. The molecular formula is C22H25N3O6. The van der Waals surface area contributed by atoms with Gasteiger partial charge in [-0.25, -0.2) is 0 Å². The standard InChI is InChI=1S/C22H25N3O6/c1-5-8-29-22-24-18-14(10-17(26-2)19(27-3)20(18)28-4)21(25-22)23-11-13-6-7-15-16(9-13)31-12-30-15/h6-7,9-10H,5,8,11-12H2,1-4H3,(H,23,24,25). The minimum absolute atomic E-state index is 0.238. The molecule has 1 aliphatic heterocycles. The van der Waals surface area contributed by atoms with Crippen molar-refractivity contribution in [2.24, 2.45) is 0 Å². The second-order valence-electron chi connectivity index (χ2n) is 6.79. The van der Waals surface area contributed by atoms with E-state index in [4.69, 9.17) is 28.4 Å². The Bertz CT molecular complexity index is 1090. The first-order valence-corrected chi connectivity index (χ1v) is 9.94. The SMILES string of the molecule is CCCOc1nc(NCc2ccc3c(c2)OCO3)c2cc(OC)c(OC)c(OC)c2n1. The molecule has 1 aromatic heterocycles. The number of benzene rings is 2. The fraction of sp³-hybridized carbons (Fsp3) is 0.364. The number of fused-ring (bicyclic) bond motifs is 2. The molecule has 9 heteroatoms. The Labute approximate surface area is 180 Å². The van der Waals surface area contributed by atoms with Gasteiger partial charge in [-0.1, -0.05) is 13.0 Å². The molecule has 0 fully saturated rings. The van der Waals surface area contributed by atoms with Crippen LogP contribution in [-0.2, 0) is 6.54 Å². The second kappa shape index (κ2) is 9.03. The van der Waals surface area contributed by atoms with E-state index in [1.807, 2.05) is 31.2 Å². The maximum atomic E-state index is 5.72. The highest BCUT2D eigenvalue weighted by atomic mass is 16.7. The lowest BCUT2D eigenvalue weighted by Crippen LogP contribution is -2.07. The molecule has 0 amide bonds. The first kappa shape index (κ1) is 20.6. The highest BCUT2D eigenvalue weighted by Gasteiger charge is 2.21. The van der Waals surface area contributed by atoms with Gasteiger partial charge in [-0.3, -0.25) is 0 Å². The van der Waals surface area contributed by atoms with Crippen molar-refractivity contribution in [3.63, 3.8) is 0 Å². The van der Waals surface area contributed by atoms with Gasteiger partial charge < -0.3 is 33.7 Å². The third-order valence-electron chi connectivity index (χ3n) is 4.81. The highest BCUT2D eigenvalue weighted by molar-refractivity contribution is 5.97. The topological polar surface area (TPSA) is 93.2 Å². The summed E-state index contributed by atoms with van der Waals surface area (Å²) in [7, 11) is 4.69. The molecule has 9 nitrogen and oxygen atoms in total. The van der Waals surface area contributed by atoms with Crippen LogP contribution in [0.2, 0.25) is 0 Å². The van der Waals surface area contributed by atoms with Crippen LogP contribution < -0.4 is 33.7 Å². The maximum Gasteiger partial charge on any atom is 0.319 e. The molecule has 164 valence electrons. The summed E-state index contributed by atoms with van der Waals surface area (Å²) in [5.74, 6) is 3.49. The molecule has 1 N–H and O–H groups in total. The Hall–Kier alpha value is -3.62. The Morgan fingerprint density at radius 2 is 1.77 bits per heavy atom. The molecule has 0 bridgehead atoms. The number of nitrogens with one attached hydrogen (secondary N) is 1. The predicted molar refractivity (Wildman–Crippen MR) is 115 cm³/mol. The van der Waals surface area contributed by atoms with Gasteiger partial charge in [0.15, 0.2) is 23.0 Å². The minimum atomic E-state index is 0.238. The van der Waals surface area contributed by atoms with E-state index in [0.717, 1.165) is 28.9 Å². The summed E-state index contributed by atoms with van der Waals surface area (Å²) in [5, 5.41) is 4.09. The lowest BCUT2D eigenvalue weighted by Gasteiger charge is -2.17. The molecule has 0 radical (unpaired) electrons. The number of hydrogen-bond donors (Lipinski definition) is 1. The van der Waals surface area contributed by atoms with Gasteiger partial charge in [0.05, 0.1) is 33.3 Å². The molecule has 0 unspecified atom stereocenters. The molecule has 1 aliphatic rings. The fourth-order valence-electron chi connectivity index (χ4n) is 3.34. The normalized spacial score (nSPS) is 12.0. The molecule has 0 atom stereocenters. The number of rotatable bonds is 9. The van der Waals surface area contributed by atoms with Gasteiger partial charge in [0, 0.05) is 6.54 Å². The average molecular weight is 427 g/mol. The minimum Gasteiger partial charge on any atom is -0.493 e. The van der Waals surface area contributed by atoms with Crippen LogP contribution in [0.3, 0.4) is 0 Å². The van der Waals surface area contributed by atoms with Gasteiger partial charge in [0.2, 0.25) is 12.5 Å². The van der Waals surface area contributed by atoms with E-state index in [1.54, 1.807) is 21.3 Å². The number of ether oxygens (including phenoxy) is 6. The summed E-state index contributed by atoms with van der Waals surface area (Å²) >= 11 is 0. The van der Waals surface area contributed by atoms with Crippen LogP contribution in [0, 0.1) is 0 Å². The second-order valence-corrected chi connectivity index (χ2v) is 6.79. The van der Waals surface area contributed by atoms with E-state index in [9.17, 15) is 0 Å². The van der Waals surface area contributed by atoms with Crippen molar-refractivity contribution in [2.45, 2.75) is 19.9 Å². The van der Waals surface area contributed by atoms with Gasteiger partial charge in [0.1, 0.15) is 11.3 Å². The number of anilines is 1. The van der Waals surface area contributed by atoms with E-state index in [0.29, 0.717) is 41.7 Å². The third kappa shape index (κ3) is 4.03. The van der Waals surface area contributed by atoms with Crippen LogP contribution in [0.4, 0.5) is 5.82 Å². The van der Waals surface area contributed by atoms with Crippen molar-refractivity contribution >= 4 is 16.7 Å². The number of aromatic nitrogens is 2. The van der Waals surface area contributed by atoms with Crippen LogP contribution in [0.25, 0.3) is 10.9 Å². The summed E-state index contributed by atoms with van der Waals surface area (Å²) < 4.78 is 33.2. The van der Waals surface area contributed by atoms with E-state index in [1.165, 1.54) is 0 Å².